The van der Waals surface area contributed by atoms with E-state index in [1.807, 2.05) is 0 Å². The van der Waals surface area contributed by atoms with Gasteiger partial charge in [0.25, 0.3) is 0 Å². The normalized spacial score (nSPS) is 10.8. The molecule has 1 N–H and O–H groups in total. The van der Waals surface area contributed by atoms with Crippen molar-refractivity contribution in [3.8, 4) is 11.8 Å². The lowest BCUT2D eigenvalue weighted by Crippen LogP contribution is -2.18. The molecule has 0 aliphatic heterocycles. The van der Waals surface area contributed by atoms with Crippen molar-refractivity contribution >= 4 is 17.6 Å². The van der Waals surface area contributed by atoms with Crippen LogP contribution in [-0.4, -0.2) is 17.4 Å². The number of carboxylic acid groups (broad SMARTS) is 1. The number of rotatable bonds is 3. The Morgan fingerprint density at radius 1 is 1.50 bits per heavy atom. The van der Waals surface area contributed by atoms with Crippen LogP contribution in [0.15, 0.2) is 12.1 Å². The zero-order valence-corrected chi connectivity index (χ0v) is 9.34. The van der Waals surface area contributed by atoms with E-state index in [-0.39, 0.29) is 11.4 Å². The van der Waals surface area contributed by atoms with E-state index < -0.39 is 29.2 Å². The minimum absolute atomic E-state index is 0.0373. The van der Waals surface area contributed by atoms with E-state index in [2.05, 4.69) is 4.74 Å². The molecule has 0 radical (unpaired) electrons. The van der Waals surface area contributed by atoms with Crippen LogP contribution in [0.2, 0.25) is 0 Å². The van der Waals surface area contributed by atoms with E-state index in [4.69, 9.17) is 22.0 Å². The minimum atomic E-state index is -5.01. The Balaban J connectivity index is 3.38. The summed E-state index contributed by atoms with van der Waals surface area (Å²) in [4.78, 5) is 10.8. The number of carboxylic acids is 1. The summed E-state index contributed by atoms with van der Waals surface area (Å²) in [7, 11) is 0. The molecule has 0 aliphatic rings. The number of nitrogens with zero attached hydrogens (tertiary/aromatic N) is 1. The van der Waals surface area contributed by atoms with Crippen molar-refractivity contribution in [2.24, 2.45) is 0 Å². The third-order valence-corrected chi connectivity index (χ3v) is 2.21. The molecule has 0 aliphatic carbocycles. The van der Waals surface area contributed by atoms with Gasteiger partial charge in [0.2, 0.25) is 0 Å². The minimum Gasteiger partial charge on any atom is -0.478 e. The Labute approximate surface area is 104 Å². The van der Waals surface area contributed by atoms with Gasteiger partial charge >= 0.3 is 12.3 Å². The highest BCUT2D eigenvalue weighted by Gasteiger charge is 2.33. The predicted octanol–water partition coefficient (Wildman–Crippen LogP) is 2.89. The van der Waals surface area contributed by atoms with E-state index in [1.165, 1.54) is 6.07 Å². The van der Waals surface area contributed by atoms with E-state index in [1.54, 1.807) is 0 Å². The number of halogens is 4. The first kappa shape index (κ1) is 14.1. The summed E-state index contributed by atoms with van der Waals surface area (Å²) in [6.45, 7) is 0. The molecular formula is C10H5ClF3NO3. The third kappa shape index (κ3) is 3.28. The molecule has 0 bridgehead atoms. The lowest BCUT2D eigenvalue weighted by atomic mass is 10.0. The number of carbonyl (C=O) groups is 1. The van der Waals surface area contributed by atoms with E-state index in [0.29, 0.717) is 6.07 Å². The second-order valence-electron chi connectivity index (χ2n) is 3.10. The topological polar surface area (TPSA) is 70.3 Å². The Morgan fingerprint density at radius 2 is 2.11 bits per heavy atom. The summed E-state index contributed by atoms with van der Waals surface area (Å²) < 4.78 is 39.8. The van der Waals surface area contributed by atoms with Gasteiger partial charge in [-0.2, -0.15) is 5.26 Å². The summed E-state index contributed by atoms with van der Waals surface area (Å²) in [5.41, 5.74) is -0.841. The van der Waals surface area contributed by atoms with Crippen LogP contribution in [0.4, 0.5) is 13.2 Å². The number of hydrogen-bond donors (Lipinski definition) is 1. The van der Waals surface area contributed by atoms with Crippen LogP contribution in [0.5, 0.6) is 5.75 Å². The van der Waals surface area contributed by atoms with Crippen molar-refractivity contribution in [3.63, 3.8) is 0 Å². The van der Waals surface area contributed by atoms with Crippen LogP contribution in [0.3, 0.4) is 0 Å². The average molecular weight is 280 g/mol. The Morgan fingerprint density at radius 3 is 2.50 bits per heavy atom. The Hall–Kier alpha value is -1.94. The lowest BCUT2D eigenvalue weighted by molar-refractivity contribution is -0.274. The molecule has 1 aromatic rings. The number of aromatic carboxylic acids is 1. The molecule has 96 valence electrons. The number of nitriles is 1. The van der Waals surface area contributed by atoms with Crippen molar-refractivity contribution in [2.75, 3.05) is 0 Å². The smallest absolute Gasteiger partial charge is 0.478 e. The van der Waals surface area contributed by atoms with Crippen LogP contribution < -0.4 is 4.74 Å². The molecule has 18 heavy (non-hydrogen) atoms. The summed E-state index contributed by atoms with van der Waals surface area (Å²) in [5.74, 6) is -2.57. The molecule has 0 aromatic heterocycles. The van der Waals surface area contributed by atoms with Gasteiger partial charge in [-0.05, 0) is 17.7 Å². The fourth-order valence-corrected chi connectivity index (χ4v) is 1.45. The molecular weight excluding hydrogens is 275 g/mol. The predicted molar refractivity (Wildman–Crippen MR) is 54.4 cm³/mol. The van der Waals surface area contributed by atoms with Gasteiger partial charge in [0.15, 0.2) is 0 Å². The first-order chi connectivity index (χ1) is 8.28. The van der Waals surface area contributed by atoms with Gasteiger partial charge in [-0.25, -0.2) is 4.79 Å². The maximum atomic E-state index is 12.1. The fraction of sp³-hybridized carbons (Fsp3) is 0.200. The molecule has 0 amide bonds. The molecule has 0 atom stereocenters. The largest absolute Gasteiger partial charge is 0.573 e. The third-order valence-electron chi connectivity index (χ3n) is 1.93. The van der Waals surface area contributed by atoms with Crippen LogP contribution in [-0.2, 0) is 5.88 Å². The highest BCUT2D eigenvalue weighted by atomic mass is 35.5. The standard InChI is InChI=1S/C10H5ClF3NO3/c11-3-5-1-6(4-15)8(18-10(12,13)14)2-7(5)9(16)17/h1-2H,3H2,(H,16,17). The van der Waals surface area contributed by atoms with E-state index >= 15 is 0 Å². The molecule has 1 aromatic carbocycles. The van der Waals surface area contributed by atoms with Gasteiger partial charge in [0.1, 0.15) is 11.8 Å². The van der Waals surface area contributed by atoms with Crippen molar-refractivity contribution in [1.82, 2.24) is 0 Å². The van der Waals surface area contributed by atoms with Crippen molar-refractivity contribution in [3.05, 3.63) is 28.8 Å². The molecule has 0 heterocycles. The van der Waals surface area contributed by atoms with Crippen molar-refractivity contribution < 1.29 is 27.8 Å². The first-order valence-electron chi connectivity index (χ1n) is 4.40. The van der Waals surface area contributed by atoms with Crippen molar-refractivity contribution in [1.29, 1.82) is 5.26 Å². The molecule has 4 nitrogen and oxygen atoms in total. The second-order valence-corrected chi connectivity index (χ2v) is 3.37. The summed E-state index contributed by atoms with van der Waals surface area (Å²) in [5, 5.41) is 17.5. The zero-order chi connectivity index (χ0) is 13.9. The number of ether oxygens (including phenoxy) is 1. The van der Waals surface area contributed by atoms with Crippen LogP contribution in [0.1, 0.15) is 21.5 Å². The van der Waals surface area contributed by atoms with Gasteiger partial charge in [-0.15, -0.1) is 24.8 Å². The molecule has 1 rings (SSSR count). The lowest BCUT2D eigenvalue weighted by Gasteiger charge is -2.12. The van der Waals surface area contributed by atoms with Gasteiger partial charge in [-0.3, -0.25) is 0 Å². The average Bonchev–Trinajstić information content (AvgIpc) is 2.26. The Bertz CT molecular complexity index is 522. The highest BCUT2D eigenvalue weighted by molar-refractivity contribution is 6.17. The maximum absolute atomic E-state index is 12.1. The van der Waals surface area contributed by atoms with Crippen LogP contribution >= 0.6 is 11.6 Å². The van der Waals surface area contributed by atoms with E-state index in [9.17, 15) is 18.0 Å². The summed E-state index contributed by atoms with van der Waals surface area (Å²) in [6.07, 6.45) is -5.01. The van der Waals surface area contributed by atoms with Crippen LogP contribution in [0, 0.1) is 11.3 Å². The van der Waals surface area contributed by atoms with Gasteiger partial charge in [0, 0.05) is 5.88 Å². The number of benzene rings is 1. The van der Waals surface area contributed by atoms with E-state index in [0.717, 1.165) is 6.07 Å². The summed E-state index contributed by atoms with van der Waals surface area (Å²) in [6, 6.07) is 3.07. The van der Waals surface area contributed by atoms with Crippen molar-refractivity contribution in [2.45, 2.75) is 12.2 Å². The number of hydrogen-bond acceptors (Lipinski definition) is 3. The van der Waals surface area contributed by atoms with Gasteiger partial charge in [-0.1, -0.05) is 0 Å². The monoisotopic (exact) mass is 279 g/mol. The SMILES string of the molecule is N#Cc1cc(CCl)c(C(=O)O)cc1OC(F)(F)F. The Kier molecular flexibility index (Phi) is 4.03. The quantitative estimate of drug-likeness (QED) is 0.864. The summed E-state index contributed by atoms with van der Waals surface area (Å²) >= 11 is 5.45. The van der Waals surface area contributed by atoms with Crippen LogP contribution in [0.25, 0.3) is 0 Å². The molecule has 0 unspecified atom stereocenters. The zero-order valence-electron chi connectivity index (χ0n) is 8.58. The first-order valence-corrected chi connectivity index (χ1v) is 4.94. The molecule has 8 heteroatoms. The second kappa shape index (κ2) is 5.14. The maximum Gasteiger partial charge on any atom is 0.573 e. The molecule has 0 saturated carbocycles. The van der Waals surface area contributed by atoms with Gasteiger partial charge < -0.3 is 9.84 Å². The molecule has 0 saturated heterocycles. The molecule has 0 spiro atoms. The van der Waals surface area contributed by atoms with Gasteiger partial charge in [0.05, 0.1) is 11.1 Å². The fourth-order valence-electron chi connectivity index (χ4n) is 1.23. The highest BCUT2D eigenvalue weighted by Crippen LogP contribution is 2.29. The molecule has 0 fully saturated rings. The number of alkyl halides is 4.